The number of rotatable bonds is 8. The van der Waals surface area contributed by atoms with Crippen molar-refractivity contribution in [2.45, 2.75) is 17.4 Å². The van der Waals surface area contributed by atoms with Gasteiger partial charge in [-0.15, -0.1) is 11.8 Å². The molecule has 4 nitrogen and oxygen atoms in total. The van der Waals surface area contributed by atoms with Crippen molar-refractivity contribution in [2.24, 2.45) is 0 Å². The van der Waals surface area contributed by atoms with Gasteiger partial charge in [0.1, 0.15) is 0 Å². The molecule has 0 aliphatic carbocycles. The van der Waals surface area contributed by atoms with Crippen LogP contribution in [0.1, 0.15) is 28.4 Å². The lowest BCUT2D eigenvalue weighted by Crippen LogP contribution is -2.20. The van der Waals surface area contributed by atoms with Crippen LogP contribution in [0.25, 0.3) is 10.9 Å². The van der Waals surface area contributed by atoms with E-state index in [1.165, 1.54) is 11.8 Å². The molecule has 0 amide bonds. The van der Waals surface area contributed by atoms with Gasteiger partial charge in [0.2, 0.25) is 5.78 Å². The van der Waals surface area contributed by atoms with Crippen LogP contribution in [0.2, 0.25) is 5.02 Å². The molecule has 156 valence electrons. The second-order valence-electron chi connectivity index (χ2n) is 6.95. The Balaban J connectivity index is 1.48. The Bertz CT molecular complexity index is 1190. The number of H-pyrrole nitrogens is 1. The molecule has 1 aromatic heterocycles. The summed E-state index contributed by atoms with van der Waals surface area (Å²) in [6, 6.07) is 24.1. The molecule has 31 heavy (non-hydrogen) atoms. The number of fused-ring (bicyclic) bond motifs is 1. The minimum absolute atomic E-state index is 0.192. The van der Waals surface area contributed by atoms with E-state index in [0.29, 0.717) is 21.9 Å². The number of nitrogens with one attached hydrogen (secondary N) is 1. The third-order valence-electron chi connectivity index (χ3n) is 4.83. The number of thioether (sulfide) groups is 1. The van der Waals surface area contributed by atoms with Crippen molar-refractivity contribution >= 4 is 46.0 Å². The van der Waals surface area contributed by atoms with Crippen LogP contribution in [0.15, 0.2) is 90.0 Å². The Hall–Kier alpha value is -3.02. The zero-order valence-electron chi connectivity index (χ0n) is 16.6. The maximum absolute atomic E-state index is 13.4. The van der Waals surface area contributed by atoms with Crippen molar-refractivity contribution in [3.63, 3.8) is 0 Å². The number of para-hydroxylation sites is 1. The summed E-state index contributed by atoms with van der Waals surface area (Å²) >= 11 is 7.44. The second kappa shape index (κ2) is 9.86. The van der Waals surface area contributed by atoms with Crippen molar-refractivity contribution in [3.8, 4) is 0 Å². The van der Waals surface area contributed by atoms with Crippen molar-refractivity contribution in [2.75, 3.05) is 5.75 Å². The van der Waals surface area contributed by atoms with E-state index in [0.717, 1.165) is 15.8 Å². The van der Waals surface area contributed by atoms with Gasteiger partial charge in [0.15, 0.2) is 6.10 Å². The Morgan fingerprint density at radius 1 is 0.935 bits per heavy atom. The minimum Gasteiger partial charge on any atom is -0.449 e. The molecule has 0 fully saturated rings. The van der Waals surface area contributed by atoms with E-state index in [9.17, 15) is 9.59 Å². The third kappa shape index (κ3) is 5.19. The van der Waals surface area contributed by atoms with Gasteiger partial charge in [0.25, 0.3) is 0 Å². The summed E-state index contributed by atoms with van der Waals surface area (Å²) in [6.45, 7) is 0. The number of carbonyl (C=O) groups excluding carboxylic acids is 2. The highest BCUT2D eigenvalue weighted by Crippen LogP contribution is 2.28. The Kier molecular flexibility index (Phi) is 6.75. The third-order valence-corrected chi connectivity index (χ3v) is 6.10. The molecule has 0 saturated heterocycles. The van der Waals surface area contributed by atoms with Crippen LogP contribution >= 0.6 is 23.4 Å². The average molecular weight is 450 g/mol. The number of halogens is 1. The number of ketones is 1. The maximum atomic E-state index is 13.4. The number of ether oxygens (including phenoxy) is 1. The largest absolute Gasteiger partial charge is 0.449 e. The summed E-state index contributed by atoms with van der Waals surface area (Å²) in [6.07, 6.45) is 0.874. The quantitative estimate of drug-likeness (QED) is 0.190. The molecule has 0 radical (unpaired) electrons. The number of carbonyl (C=O) groups is 2. The van der Waals surface area contributed by atoms with E-state index in [4.69, 9.17) is 16.3 Å². The molecule has 3 aromatic carbocycles. The molecule has 0 aliphatic rings. The van der Waals surface area contributed by atoms with Gasteiger partial charge in [-0.1, -0.05) is 60.1 Å². The number of hydrogen-bond acceptors (Lipinski definition) is 4. The summed E-state index contributed by atoms with van der Waals surface area (Å²) in [5.41, 5.74) is 2.02. The van der Waals surface area contributed by atoms with E-state index >= 15 is 0 Å². The van der Waals surface area contributed by atoms with Crippen molar-refractivity contribution in [1.29, 1.82) is 0 Å². The maximum Gasteiger partial charge on any atom is 0.307 e. The lowest BCUT2D eigenvalue weighted by Gasteiger charge is -2.17. The molecule has 1 heterocycles. The van der Waals surface area contributed by atoms with Crippen LogP contribution in [-0.2, 0) is 9.53 Å². The average Bonchev–Trinajstić information content (AvgIpc) is 3.23. The van der Waals surface area contributed by atoms with Crippen LogP contribution in [0, 0.1) is 0 Å². The van der Waals surface area contributed by atoms with Crippen molar-refractivity contribution < 1.29 is 14.3 Å². The fraction of sp³-hybridized carbons (Fsp3) is 0.120. The van der Waals surface area contributed by atoms with Gasteiger partial charge in [-0.25, -0.2) is 0 Å². The van der Waals surface area contributed by atoms with Crippen LogP contribution in [0.5, 0.6) is 0 Å². The van der Waals surface area contributed by atoms with Crippen molar-refractivity contribution in [3.05, 3.63) is 101 Å². The number of esters is 1. The number of aromatic nitrogens is 1. The lowest BCUT2D eigenvalue weighted by molar-refractivity contribution is -0.146. The first-order chi connectivity index (χ1) is 15.1. The highest BCUT2D eigenvalue weighted by Gasteiger charge is 2.27. The molecule has 0 saturated carbocycles. The second-order valence-corrected chi connectivity index (χ2v) is 8.55. The molecule has 6 heteroatoms. The molecule has 4 aromatic rings. The number of Topliss-reactive ketones (excluding diaryl/α,β-unsaturated/α-hetero) is 1. The molecular formula is C25H20ClNO3S. The fourth-order valence-corrected chi connectivity index (χ4v) is 4.25. The normalized spacial score (nSPS) is 11.9. The topological polar surface area (TPSA) is 59.2 Å². The first-order valence-electron chi connectivity index (χ1n) is 9.85. The highest BCUT2D eigenvalue weighted by molar-refractivity contribution is 7.99. The molecular weight excluding hydrogens is 430 g/mol. The predicted octanol–water partition coefficient (Wildman–Crippen LogP) is 6.47. The molecule has 0 aliphatic heterocycles. The van der Waals surface area contributed by atoms with Crippen molar-refractivity contribution in [1.82, 2.24) is 4.98 Å². The van der Waals surface area contributed by atoms with E-state index in [1.54, 1.807) is 18.3 Å². The van der Waals surface area contributed by atoms with Gasteiger partial charge in [-0.3, -0.25) is 9.59 Å². The van der Waals surface area contributed by atoms with Crippen LogP contribution < -0.4 is 0 Å². The first-order valence-corrected chi connectivity index (χ1v) is 11.2. The highest BCUT2D eigenvalue weighted by atomic mass is 35.5. The van der Waals surface area contributed by atoms with Crippen LogP contribution in [0.3, 0.4) is 0 Å². The van der Waals surface area contributed by atoms with E-state index in [1.807, 2.05) is 66.7 Å². The monoisotopic (exact) mass is 449 g/mol. The summed E-state index contributed by atoms with van der Waals surface area (Å²) in [5.74, 6) is -0.116. The van der Waals surface area contributed by atoms with E-state index in [-0.39, 0.29) is 12.2 Å². The number of hydrogen-bond donors (Lipinski definition) is 1. The van der Waals surface area contributed by atoms with Gasteiger partial charge in [-0.2, -0.15) is 0 Å². The summed E-state index contributed by atoms with van der Waals surface area (Å²) in [7, 11) is 0. The molecule has 1 atom stereocenters. The van der Waals surface area contributed by atoms with Gasteiger partial charge in [-0.05, 0) is 30.3 Å². The number of benzene rings is 3. The Morgan fingerprint density at radius 3 is 2.42 bits per heavy atom. The van der Waals surface area contributed by atoms with Gasteiger partial charge in [0.05, 0.1) is 6.42 Å². The standard InChI is InChI=1S/C25H20ClNO3S/c26-18-10-12-19(13-11-18)31-15-14-23(28)30-25(17-6-2-1-3-7-17)24(29)21-16-27-22-9-5-4-8-20(21)22/h1-13,16,25,27H,14-15H2/t25-/m0/s1. The van der Waals surface area contributed by atoms with Gasteiger partial charge >= 0.3 is 5.97 Å². The summed E-state index contributed by atoms with van der Waals surface area (Å²) in [5, 5.41) is 1.48. The molecule has 0 spiro atoms. The lowest BCUT2D eigenvalue weighted by atomic mass is 9.99. The number of aromatic amines is 1. The van der Waals surface area contributed by atoms with Crippen LogP contribution in [0.4, 0.5) is 0 Å². The zero-order valence-corrected chi connectivity index (χ0v) is 18.2. The summed E-state index contributed by atoms with van der Waals surface area (Å²) in [4.78, 5) is 30.1. The SMILES string of the molecule is O=C(CCSc1ccc(Cl)cc1)O[C@H](C(=O)c1c[nH]c2ccccc12)c1ccccc1. The zero-order chi connectivity index (χ0) is 21.6. The smallest absolute Gasteiger partial charge is 0.307 e. The first kappa shape index (κ1) is 21.2. The van der Waals surface area contributed by atoms with E-state index < -0.39 is 12.1 Å². The molecule has 0 bridgehead atoms. The van der Waals surface area contributed by atoms with Gasteiger partial charge in [0, 0.05) is 43.9 Å². The molecule has 1 N–H and O–H groups in total. The molecule has 0 unspecified atom stereocenters. The fourth-order valence-electron chi connectivity index (χ4n) is 3.29. The Morgan fingerprint density at radius 2 is 1.65 bits per heavy atom. The van der Waals surface area contributed by atoms with E-state index in [2.05, 4.69) is 4.98 Å². The Labute approximate surface area is 189 Å². The summed E-state index contributed by atoms with van der Waals surface area (Å²) < 4.78 is 5.69. The predicted molar refractivity (Wildman–Crippen MR) is 125 cm³/mol. The van der Waals surface area contributed by atoms with Crippen LogP contribution in [-0.4, -0.2) is 22.5 Å². The minimum atomic E-state index is -0.992. The molecule has 4 rings (SSSR count). The van der Waals surface area contributed by atoms with Gasteiger partial charge < -0.3 is 9.72 Å².